The first-order valence-corrected chi connectivity index (χ1v) is 6.27. The van der Waals surface area contributed by atoms with Crippen molar-refractivity contribution in [1.82, 2.24) is 9.97 Å². The van der Waals surface area contributed by atoms with E-state index in [4.69, 9.17) is 5.73 Å². The summed E-state index contributed by atoms with van der Waals surface area (Å²) in [5.74, 6) is -0.168. The molecular formula is C16H13N3O. The lowest BCUT2D eigenvalue weighted by molar-refractivity contribution is 0.103. The van der Waals surface area contributed by atoms with Gasteiger partial charge >= 0.3 is 0 Å². The second-order valence-corrected chi connectivity index (χ2v) is 4.69. The minimum atomic E-state index is -0.168. The molecule has 4 heteroatoms. The fourth-order valence-corrected chi connectivity index (χ4v) is 2.15. The molecule has 0 saturated heterocycles. The summed E-state index contributed by atoms with van der Waals surface area (Å²) in [7, 11) is 0. The molecule has 3 aromatic rings. The van der Waals surface area contributed by atoms with Crippen molar-refractivity contribution in [2.75, 3.05) is 5.73 Å². The van der Waals surface area contributed by atoms with Crippen molar-refractivity contribution >= 4 is 22.4 Å². The van der Waals surface area contributed by atoms with Crippen LogP contribution in [-0.4, -0.2) is 15.8 Å². The molecule has 98 valence electrons. The number of para-hydroxylation sites is 1. The number of ketones is 1. The highest BCUT2D eigenvalue weighted by Crippen LogP contribution is 2.21. The Kier molecular flexibility index (Phi) is 2.91. The van der Waals surface area contributed by atoms with Gasteiger partial charge in [-0.1, -0.05) is 18.2 Å². The minimum Gasteiger partial charge on any atom is -0.398 e. The molecule has 0 atom stereocenters. The number of nitrogens with two attached hydrogens (primary N) is 1. The van der Waals surface area contributed by atoms with Gasteiger partial charge in [0.2, 0.25) is 5.78 Å². The number of nitrogens with zero attached hydrogens (tertiary/aromatic N) is 2. The number of hydrogen-bond acceptors (Lipinski definition) is 4. The van der Waals surface area contributed by atoms with Gasteiger partial charge in [-0.05, 0) is 30.7 Å². The Bertz CT molecular complexity index is 812. The number of carbonyl (C=O) groups excluding carboxylic acids is 1. The van der Waals surface area contributed by atoms with Gasteiger partial charge in [0.1, 0.15) is 5.69 Å². The summed E-state index contributed by atoms with van der Waals surface area (Å²) in [6, 6.07) is 10.9. The zero-order valence-corrected chi connectivity index (χ0v) is 11.0. The first kappa shape index (κ1) is 12.3. The van der Waals surface area contributed by atoms with E-state index < -0.39 is 0 Å². The first-order valence-electron chi connectivity index (χ1n) is 6.27. The molecule has 0 radical (unpaired) electrons. The van der Waals surface area contributed by atoms with E-state index in [1.165, 1.54) is 0 Å². The lowest BCUT2D eigenvalue weighted by Crippen LogP contribution is -2.06. The standard InChI is InChI=1S/C16H13N3O/c1-10-6-11(9-18-8-10)16(20)15-7-13(17)12-4-2-3-5-14(12)19-15/h2-9H,1H3,(H2,17,19). The molecule has 0 unspecified atom stereocenters. The minimum absolute atomic E-state index is 0.168. The largest absolute Gasteiger partial charge is 0.398 e. The molecule has 1 aromatic carbocycles. The Morgan fingerprint density at radius 3 is 2.75 bits per heavy atom. The summed E-state index contributed by atoms with van der Waals surface area (Å²) in [6.45, 7) is 1.89. The number of aromatic nitrogens is 2. The molecule has 0 saturated carbocycles. The van der Waals surface area contributed by atoms with Gasteiger partial charge in [0.15, 0.2) is 0 Å². The molecular weight excluding hydrogens is 250 g/mol. The molecule has 0 bridgehead atoms. The van der Waals surface area contributed by atoms with Crippen LogP contribution in [0.4, 0.5) is 5.69 Å². The van der Waals surface area contributed by atoms with Crippen molar-refractivity contribution in [3.05, 3.63) is 65.6 Å². The molecule has 2 heterocycles. The zero-order valence-electron chi connectivity index (χ0n) is 11.0. The number of rotatable bonds is 2. The fraction of sp³-hybridized carbons (Fsp3) is 0.0625. The predicted molar refractivity (Wildman–Crippen MR) is 78.6 cm³/mol. The molecule has 0 fully saturated rings. The van der Waals surface area contributed by atoms with E-state index in [1.54, 1.807) is 24.5 Å². The third-order valence-electron chi connectivity index (χ3n) is 3.12. The van der Waals surface area contributed by atoms with Crippen molar-refractivity contribution in [3.8, 4) is 0 Å². The van der Waals surface area contributed by atoms with Crippen LogP contribution in [0.15, 0.2) is 48.8 Å². The summed E-state index contributed by atoms with van der Waals surface area (Å²) < 4.78 is 0. The number of anilines is 1. The van der Waals surface area contributed by atoms with Gasteiger partial charge in [-0.15, -0.1) is 0 Å². The van der Waals surface area contributed by atoms with Gasteiger partial charge in [-0.3, -0.25) is 9.78 Å². The van der Waals surface area contributed by atoms with Gasteiger partial charge in [0, 0.05) is 29.0 Å². The van der Waals surface area contributed by atoms with E-state index in [0.717, 1.165) is 16.5 Å². The van der Waals surface area contributed by atoms with Gasteiger partial charge in [0.05, 0.1) is 5.52 Å². The van der Waals surface area contributed by atoms with Crippen LogP contribution in [0.5, 0.6) is 0 Å². The maximum absolute atomic E-state index is 12.4. The van der Waals surface area contributed by atoms with E-state index in [0.29, 0.717) is 16.9 Å². The van der Waals surface area contributed by atoms with Crippen molar-refractivity contribution in [2.45, 2.75) is 6.92 Å². The highest BCUT2D eigenvalue weighted by Gasteiger charge is 2.13. The Morgan fingerprint density at radius 1 is 1.15 bits per heavy atom. The summed E-state index contributed by atoms with van der Waals surface area (Å²) in [4.78, 5) is 20.9. The van der Waals surface area contributed by atoms with Gasteiger partial charge < -0.3 is 5.73 Å². The van der Waals surface area contributed by atoms with Crippen LogP contribution in [0.2, 0.25) is 0 Å². The van der Waals surface area contributed by atoms with Crippen LogP contribution < -0.4 is 5.73 Å². The maximum Gasteiger partial charge on any atom is 0.212 e. The molecule has 0 spiro atoms. The molecule has 0 aliphatic rings. The number of aryl methyl sites for hydroxylation is 1. The van der Waals surface area contributed by atoms with Crippen molar-refractivity contribution in [2.24, 2.45) is 0 Å². The maximum atomic E-state index is 12.4. The van der Waals surface area contributed by atoms with Crippen molar-refractivity contribution in [1.29, 1.82) is 0 Å². The molecule has 2 N–H and O–H groups in total. The molecule has 20 heavy (non-hydrogen) atoms. The van der Waals surface area contributed by atoms with Crippen LogP contribution in [-0.2, 0) is 0 Å². The predicted octanol–water partition coefficient (Wildman–Crippen LogP) is 2.75. The van der Waals surface area contributed by atoms with Crippen LogP contribution in [0.3, 0.4) is 0 Å². The number of benzene rings is 1. The average molecular weight is 263 g/mol. The van der Waals surface area contributed by atoms with E-state index in [2.05, 4.69) is 9.97 Å². The monoisotopic (exact) mass is 263 g/mol. The third kappa shape index (κ3) is 2.12. The van der Waals surface area contributed by atoms with Crippen LogP contribution in [0.1, 0.15) is 21.6 Å². The van der Waals surface area contributed by atoms with Crippen LogP contribution >= 0.6 is 0 Å². The molecule has 2 aromatic heterocycles. The van der Waals surface area contributed by atoms with Crippen LogP contribution in [0.25, 0.3) is 10.9 Å². The third-order valence-corrected chi connectivity index (χ3v) is 3.12. The number of pyridine rings is 2. The zero-order chi connectivity index (χ0) is 14.1. The molecule has 3 rings (SSSR count). The fourth-order valence-electron chi connectivity index (χ4n) is 2.15. The Morgan fingerprint density at radius 2 is 1.95 bits per heavy atom. The van der Waals surface area contributed by atoms with Crippen LogP contribution in [0, 0.1) is 6.92 Å². The van der Waals surface area contributed by atoms with E-state index >= 15 is 0 Å². The van der Waals surface area contributed by atoms with Gasteiger partial charge in [-0.2, -0.15) is 0 Å². The van der Waals surface area contributed by atoms with E-state index in [1.807, 2.05) is 31.2 Å². The summed E-state index contributed by atoms with van der Waals surface area (Å²) in [6.07, 6.45) is 3.25. The average Bonchev–Trinajstić information content (AvgIpc) is 2.46. The van der Waals surface area contributed by atoms with Gasteiger partial charge in [0.25, 0.3) is 0 Å². The topological polar surface area (TPSA) is 68.9 Å². The Balaban J connectivity index is 2.12. The lowest BCUT2D eigenvalue weighted by Gasteiger charge is -2.06. The smallest absolute Gasteiger partial charge is 0.212 e. The SMILES string of the molecule is Cc1cncc(C(=O)c2cc(N)c3ccccc3n2)c1. The second kappa shape index (κ2) is 4.74. The van der Waals surface area contributed by atoms with E-state index in [-0.39, 0.29) is 5.78 Å². The molecule has 4 nitrogen and oxygen atoms in total. The number of hydrogen-bond donors (Lipinski definition) is 1. The normalized spacial score (nSPS) is 10.7. The summed E-state index contributed by atoms with van der Waals surface area (Å²) >= 11 is 0. The highest BCUT2D eigenvalue weighted by molar-refractivity contribution is 6.09. The van der Waals surface area contributed by atoms with E-state index in [9.17, 15) is 4.79 Å². The van der Waals surface area contributed by atoms with Crippen molar-refractivity contribution in [3.63, 3.8) is 0 Å². The molecule has 0 amide bonds. The quantitative estimate of drug-likeness (QED) is 0.722. The van der Waals surface area contributed by atoms with Crippen molar-refractivity contribution < 1.29 is 4.79 Å². The summed E-state index contributed by atoms with van der Waals surface area (Å²) in [5.41, 5.74) is 9.07. The van der Waals surface area contributed by atoms with Gasteiger partial charge in [-0.25, -0.2) is 4.98 Å². The number of fused-ring (bicyclic) bond motifs is 1. The molecule has 0 aliphatic heterocycles. The Hall–Kier alpha value is -2.75. The second-order valence-electron chi connectivity index (χ2n) is 4.69. The Labute approximate surface area is 116 Å². The number of carbonyl (C=O) groups is 1. The summed E-state index contributed by atoms with van der Waals surface area (Å²) in [5, 5.41) is 0.853. The first-order chi connectivity index (χ1) is 9.65. The molecule has 0 aliphatic carbocycles. The number of nitrogen functional groups attached to an aromatic ring is 1. The lowest BCUT2D eigenvalue weighted by atomic mass is 10.1. The highest BCUT2D eigenvalue weighted by atomic mass is 16.1.